The van der Waals surface area contributed by atoms with Crippen molar-refractivity contribution >= 4 is 0 Å². The highest BCUT2D eigenvalue weighted by atomic mass is 15.0. The third-order valence-corrected chi connectivity index (χ3v) is 2.18. The van der Waals surface area contributed by atoms with E-state index in [0.717, 1.165) is 12.8 Å². The molecule has 1 fully saturated rings. The molecule has 9 heavy (non-hydrogen) atoms. The van der Waals surface area contributed by atoms with Gasteiger partial charge in [0.1, 0.15) is 0 Å². The minimum atomic E-state index is -0.418. The molecule has 0 amide bonds. The van der Waals surface area contributed by atoms with Crippen molar-refractivity contribution in [3.05, 3.63) is 6.42 Å². The highest BCUT2D eigenvalue weighted by Crippen LogP contribution is 2.26. The summed E-state index contributed by atoms with van der Waals surface area (Å²) < 4.78 is 0. The van der Waals surface area contributed by atoms with Gasteiger partial charge in [-0.15, -0.1) is 0 Å². The molecule has 1 rings (SSSR count). The molecule has 0 spiro atoms. The molecule has 0 heterocycles. The second kappa shape index (κ2) is 2.27. The molecular formula is C7H15N2. The fourth-order valence-corrected chi connectivity index (χ4v) is 1.22. The maximum Gasteiger partial charge on any atom is 0.0665 e. The summed E-state index contributed by atoms with van der Waals surface area (Å²) in [6.45, 7) is 2.08. The third-order valence-electron chi connectivity index (χ3n) is 2.18. The molecule has 4 N–H and O–H groups in total. The van der Waals surface area contributed by atoms with Gasteiger partial charge in [-0.25, -0.2) is 0 Å². The van der Waals surface area contributed by atoms with Crippen LogP contribution >= 0.6 is 0 Å². The molecule has 1 saturated carbocycles. The predicted molar refractivity (Wildman–Crippen MR) is 38.4 cm³/mol. The first-order valence-corrected chi connectivity index (χ1v) is 3.54. The minimum Gasteiger partial charge on any atom is -0.313 e. The lowest BCUT2D eigenvalue weighted by Crippen LogP contribution is -2.56. The fourth-order valence-electron chi connectivity index (χ4n) is 1.22. The summed E-state index contributed by atoms with van der Waals surface area (Å²) in [5.41, 5.74) is 11.1. The van der Waals surface area contributed by atoms with E-state index in [0.29, 0.717) is 5.92 Å². The van der Waals surface area contributed by atoms with Gasteiger partial charge in [0.15, 0.2) is 0 Å². The summed E-state index contributed by atoms with van der Waals surface area (Å²) in [7, 11) is 0. The van der Waals surface area contributed by atoms with E-state index in [2.05, 4.69) is 13.3 Å². The second-order valence-corrected chi connectivity index (χ2v) is 3.03. The fraction of sp³-hybridized carbons (Fsp3) is 0.857. The normalized spacial score (nSPS) is 34.3. The zero-order chi connectivity index (χ0) is 6.91. The Labute approximate surface area is 56.6 Å². The summed E-state index contributed by atoms with van der Waals surface area (Å²) in [6.07, 6.45) is 5.50. The lowest BCUT2D eigenvalue weighted by molar-refractivity contribution is 0.264. The molecule has 53 valence electrons. The Morgan fingerprint density at radius 3 is 2.56 bits per heavy atom. The monoisotopic (exact) mass is 127 g/mol. The highest BCUT2D eigenvalue weighted by molar-refractivity contribution is 4.95. The van der Waals surface area contributed by atoms with E-state index >= 15 is 0 Å². The maximum absolute atomic E-state index is 5.77. The Bertz CT molecular complexity index is 99.1. The molecule has 2 nitrogen and oxygen atoms in total. The van der Waals surface area contributed by atoms with Gasteiger partial charge in [0.2, 0.25) is 0 Å². The second-order valence-electron chi connectivity index (χ2n) is 3.03. The van der Waals surface area contributed by atoms with Crippen molar-refractivity contribution in [1.82, 2.24) is 0 Å². The molecule has 1 radical (unpaired) electrons. The van der Waals surface area contributed by atoms with Gasteiger partial charge >= 0.3 is 0 Å². The van der Waals surface area contributed by atoms with Gasteiger partial charge in [0.05, 0.1) is 5.66 Å². The van der Waals surface area contributed by atoms with Crippen molar-refractivity contribution < 1.29 is 0 Å². The quantitative estimate of drug-likeness (QED) is 0.469. The van der Waals surface area contributed by atoms with Gasteiger partial charge in [-0.05, 0) is 31.6 Å². The smallest absolute Gasteiger partial charge is 0.0665 e. The van der Waals surface area contributed by atoms with Gasteiger partial charge in [0, 0.05) is 0 Å². The van der Waals surface area contributed by atoms with Gasteiger partial charge in [0.25, 0.3) is 0 Å². The highest BCUT2D eigenvalue weighted by Gasteiger charge is 2.29. The summed E-state index contributed by atoms with van der Waals surface area (Å²) >= 11 is 0. The summed E-state index contributed by atoms with van der Waals surface area (Å²) in [5.74, 6) is 0.381. The number of nitrogens with two attached hydrogens (primary N) is 2. The Morgan fingerprint density at radius 1 is 1.56 bits per heavy atom. The van der Waals surface area contributed by atoms with Crippen LogP contribution in [-0.4, -0.2) is 5.66 Å². The van der Waals surface area contributed by atoms with Crippen LogP contribution in [0.5, 0.6) is 0 Å². The Hall–Kier alpha value is -0.0800. The first-order valence-electron chi connectivity index (χ1n) is 3.54. The van der Waals surface area contributed by atoms with Crippen LogP contribution in [0.1, 0.15) is 26.2 Å². The molecule has 1 unspecified atom stereocenters. The van der Waals surface area contributed by atoms with Crippen molar-refractivity contribution in [3.8, 4) is 0 Å². The first kappa shape index (κ1) is 7.03. The minimum absolute atomic E-state index is 0.381. The topological polar surface area (TPSA) is 52.0 Å². The van der Waals surface area contributed by atoms with Gasteiger partial charge < -0.3 is 11.5 Å². The van der Waals surface area contributed by atoms with Crippen molar-refractivity contribution in [2.75, 3.05) is 0 Å². The SMILES string of the molecule is CC1[CH]CCCC1(N)N. The zero-order valence-electron chi connectivity index (χ0n) is 5.93. The molecule has 2 heteroatoms. The Balaban J connectivity index is 2.49. The molecule has 1 atom stereocenters. The largest absolute Gasteiger partial charge is 0.313 e. The summed E-state index contributed by atoms with van der Waals surface area (Å²) in [5, 5.41) is 0. The standard InChI is InChI=1S/C7H15N2/c1-6-4-2-3-5-7(6,8)9/h4,6H,2-3,5,8-9H2,1H3. The zero-order valence-corrected chi connectivity index (χ0v) is 5.93. The molecular weight excluding hydrogens is 112 g/mol. The third kappa shape index (κ3) is 1.43. The molecule has 0 aromatic carbocycles. The molecule has 0 aromatic heterocycles. The molecule has 0 aliphatic heterocycles. The van der Waals surface area contributed by atoms with Gasteiger partial charge in [-0.3, -0.25) is 0 Å². The van der Waals surface area contributed by atoms with E-state index in [-0.39, 0.29) is 0 Å². The Morgan fingerprint density at radius 2 is 2.22 bits per heavy atom. The van der Waals surface area contributed by atoms with E-state index < -0.39 is 5.66 Å². The van der Waals surface area contributed by atoms with Crippen molar-refractivity contribution in [3.63, 3.8) is 0 Å². The number of hydrogen-bond donors (Lipinski definition) is 2. The number of rotatable bonds is 0. The van der Waals surface area contributed by atoms with Crippen LogP contribution in [0.2, 0.25) is 0 Å². The van der Waals surface area contributed by atoms with Crippen molar-refractivity contribution in [2.45, 2.75) is 31.8 Å². The molecule has 0 aromatic rings. The average molecular weight is 127 g/mol. The van der Waals surface area contributed by atoms with E-state index in [1.807, 2.05) is 0 Å². The van der Waals surface area contributed by atoms with Crippen molar-refractivity contribution in [1.29, 1.82) is 0 Å². The first-order chi connectivity index (χ1) is 4.13. The number of hydrogen-bond acceptors (Lipinski definition) is 2. The Kier molecular flexibility index (Phi) is 1.78. The van der Waals surface area contributed by atoms with Gasteiger partial charge in [-0.2, -0.15) is 0 Å². The molecule has 1 aliphatic carbocycles. The predicted octanol–water partition coefficient (Wildman–Crippen LogP) is 0.624. The van der Waals surface area contributed by atoms with E-state index in [1.54, 1.807) is 0 Å². The molecule has 0 saturated heterocycles. The molecule has 0 bridgehead atoms. The summed E-state index contributed by atoms with van der Waals surface area (Å²) in [4.78, 5) is 0. The van der Waals surface area contributed by atoms with Crippen LogP contribution in [0.4, 0.5) is 0 Å². The lowest BCUT2D eigenvalue weighted by atomic mass is 9.81. The lowest BCUT2D eigenvalue weighted by Gasteiger charge is -2.35. The van der Waals surface area contributed by atoms with Crippen LogP contribution in [0.15, 0.2) is 0 Å². The van der Waals surface area contributed by atoms with Crippen LogP contribution in [0.3, 0.4) is 0 Å². The van der Waals surface area contributed by atoms with Crippen LogP contribution < -0.4 is 11.5 Å². The van der Waals surface area contributed by atoms with Crippen LogP contribution in [-0.2, 0) is 0 Å². The van der Waals surface area contributed by atoms with Crippen LogP contribution in [0, 0.1) is 12.3 Å². The van der Waals surface area contributed by atoms with Crippen molar-refractivity contribution in [2.24, 2.45) is 17.4 Å². The maximum atomic E-state index is 5.77. The average Bonchev–Trinajstić information content (AvgIpc) is 1.77. The summed E-state index contributed by atoms with van der Waals surface area (Å²) in [6, 6.07) is 0. The molecule has 1 aliphatic rings. The van der Waals surface area contributed by atoms with E-state index in [1.165, 1.54) is 6.42 Å². The van der Waals surface area contributed by atoms with Gasteiger partial charge in [-0.1, -0.05) is 6.92 Å². The van der Waals surface area contributed by atoms with E-state index in [4.69, 9.17) is 11.5 Å². The van der Waals surface area contributed by atoms with Crippen LogP contribution in [0.25, 0.3) is 0 Å². The van der Waals surface area contributed by atoms with E-state index in [9.17, 15) is 0 Å².